The standard InChI is InChI=1S/C7H12N4/c1-5-10-4-6(2-3-8)7(9)11-5/h4H,2-3,8H2,1H3,(H2,9,10,11). The van der Waals surface area contributed by atoms with E-state index in [2.05, 4.69) is 9.97 Å². The summed E-state index contributed by atoms with van der Waals surface area (Å²) in [5, 5.41) is 0. The molecule has 60 valence electrons. The maximum Gasteiger partial charge on any atom is 0.130 e. The minimum Gasteiger partial charge on any atom is -0.383 e. The molecule has 0 aliphatic carbocycles. The lowest BCUT2D eigenvalue weighted by atomic mass is 10.2. The first-order valence-electron chi connectivity index (χ1n) is 3.52. The first-order chi connectivity index (χ1) is 5.24. The van der Waals surface area contributed by atoms with Crippen LogP contribution in [-0.2, 0) is 6.42 Å². The average Bonchev–Trinajstić information content (AvgIpc) is 1.95. The first kappa shape index (κ1) is 7.94. The first-order valence-corrected chi connectivity index (χ1v) is 3.52. The average molecular weight is 152 g/mol. The zero-order chi connectivity index (χ0) is 8.27. The highest BCUT2D eigenvalue weighted by Crippen LogP contribution is 2.06. The number of nitrogens with zero attached hydrogens (tertiary/aromatic N) is 2. The number of aryl methyl sites for hydroxylation is 1. The molecular formula is C7H12N4. The van der Waals surface area contributed by atoms with Crippen molar-refractivity contribution in [3.63, 3.8) is 0 Å². The van der Waals surface area contributed by atoms with E-state index in [0.717, 1.165) is 12.0 Å². The van der Waals surface area contributed by atoms with Gasteiger partial charge in [0.15, 0.2) is 0 Å². The van der Waals surface area contributed by atoms with Crippen LogP contribution in [0.1, 0.15) is 11.4 Å². The number of hydrogen-bond acceptors (Lipinski definition) is 4. The number of rotatable bonds is 2. The van der Waals surface area contributed by atoms with E-state index in [1.165, 1.54) is 0 Å². The zero-order valence-electron chi connectivity index (χ0n) is 6.54. The highest BCUT2D eigenvalue weighted by molar-refractivity contribution is 5.37. The summed E-state index contributed by atoms with van der Waals surface area (Å²) in [6.45, 7) is 2.39. The van der Waals surface area contributed by atoms with Crippen molar-refractivity contribution in [3.05, 3.63) is 17.6 Å². The summed E-state index contributed by atoms with van der Waals surface area (Å²) in [5.74, 6) is 1.24. The van der Waals surface area contributed by atoms with Crippen LogP contribution in [0.25, 0.3) is 0 Å². The van der Waals surface area contributed by atoms with Crippen LogP contribution in [0, 0.1) is 6.92 Å². The van der Waals surface area contributed by atoms with Crippen LogP contribution in [0.3, 0.4) is 0 Å². The lowest BCUT2D eigenvalue weighted by molar-refractivity contribution is 0.931. The summed E-state index contributed by atoms with van der Waals surface area (Å²) in [6, 6.07) is 0. The normalized spacial score (nSPS) is 10.0. The van der Waals surface area contributed by atoms with Gasteiger partial charge in [0.25, 0.3) is 0 Å². The summed E-state index contributed by atoms with van der Waals surface area (Å²) in [5.41, 5.74) is 11.9. The van der Waals surface area contributed by atoms with Crippen LogP contribution in [0.4, 0.5) is 5.82 Å². The molecule has 4 heteroatoms. The molecule has 0 aliphatic heterocycles. The molecule has 0 fully saturated rings. The van der Waals surface area contributed by atoms with Crippen molar-refractivity contribution >= 4 is 5.82 Å². The number of hydrogen-bond donors (Lipinski definition) is 2. The summed E-state index contributed by atoms with van der Waals surface area (Å²) >= 11 is 0. The Balaban J connectivity index is 2.90. The quantitative estimate of drug-likeness (QED) is 0.618. The lowest BCUT2D eigenvalue weighted by Gasteiger charge is -2.01. The maximum atomic E-state index is 5.60. The molecule has 0 radical (unpaired) electrons. The largest absolute Gasteiger partial charge is 0.383 e. The molecule has 0 atom stereocenters. The predicted molar refractivity (Wildman–Crippen MR) is 43.9 cm³/mol. The minimum absolute atomic E-state index is 0.544. The van der Waals surface area contributed by atoms with Gasteiger partial charge in [-0.2, -0.15) is 0 Å². The molecule has 1 heterocycles. The fourth-order valence-corrected chi connectivity index (χ4v) is 0.861. The topological polar surface area (TPSA) is 77.8 Å². The van der Waals surface area contributed by atoms with Gasteiger partial charge in [0.2, 0.25) is 0 Å². The van der Waals surface area contributed by atoms with Gasteiger partial charge in [0.1, 0.15) is 11.6 Å². The molecule has 0 amide bonds. The molecule has 0 unspecified atom stereocenters. The van der Waals surface area contributed by atoms with Crippen molar-refractivity contribution in [1.82, 2.24) is 9.97 Å². The second kappa shape index (κ2) is 3.30. The maximum absolute atomic E-state index is 5.60. The third kappa shape index (κ3) is 1.88. The number of nitrogens with two attached hydrogens (primary N) is 2. The summed E-state index contributed by atoms with van der Waals surface area (Å²) in [4.78, 5) is 8.02. The molecule has 11 heavy (non-hydrogen) atoms. The highest BCUT2D eigenvalue weighted by Gasteiger charge is 1.99. The van der Waals surface area contributed by atoms with Crippen LogP contribution in [-0.4, -0.2) is 16.5 Å². The summed E-state index contributed by atoms with van der Waals surface area (Å²) in [6.07, 6.45) is 2.47. The van der Waals surface area contributed by atoms with Crippen molar-refractivity contribution in [3.8, 4) is 0 Å². The summed E-state index contributed by atoms with van der Waals surface area (Å²) < 4.78 is 0. The Morgan fingerprint density at radius 2 is 2.27 bits per heavy atom. The van der Waals surface area contributed by atoms with Crippen LogP contribution >= 0.6 is 0 Å². The van der Waals surface area contributed by atoms with Gasteiger partial charge in [-0.25, -0.2) is 9.97 Å². The van der Waals surface area contributed by atoms with Crippen molar-refractivity contribution in [2.24, 2.45) is 5.73 Å². The number of nitrogen functional groups attached to an aromatic ring is 1. The van der Waals surface area contributed by atoms with Crippen LogP contribution < -0.4 is 11.5 Å². The summed E-state index contributed by atoms with van der Waals surface area (Å²) in [7, 11) is 0. The highest BCUT2D eigenvalue weighted by atomic mass is 14.9. The lowest BCUT2D eigenvalue weighted by Crippen LogP contribution is -2.07. The third-order valence-electron chi connectivity index (χ3n) is 1.43. The fraction of sp³-hybridized carbons (Fsp3) is 0.429. The van der Waals surface area contributed by atoms with Gasteiger partial charge in [-0.3, -0.25) is 0 Å². The van der Waals surface area contributed by atoms with Gasteiger partial charge in [-0.05, 0) is 19.9 Å². The van der Waals surface area contributed by atoms with Crippen molar-refractivity contribution in [2.45, 2.75) is 13.3 Å². The van der Waals surface area contributed by atoms with Crippen molar-refractivity contribution < 1.29 is 0 Å². The van der Waals surface area contributed by atoms with Gasteiger partial charge >= 0.3 is 0 Å². The predicted octanol–water partition coefficient (Wildman–Crippen LogP) is -0.132. The van der Waals surface area contributed by atoms with E-state index in [9.17, 15) is 0 Å². The van der Waals surface area contributed by atoms with E-state index in [-0.39, 0.29) is 0 Å². The third-order valence-corrected chi connectivity index (χ3v) is 1.43. The SMILES string of the molecule is Cc1ncc(CCN)c(N)n1. The molecule has 0 aliphatic rings. The van der Waals surface area contributed by atoms with Gasteiger partial charge in [-0.15, -0.1) is 0 Å². The second-order valence-corrected chi connectivity index (χ2v) is 2.37. The molecule has 1 rings (SSSR count). The fourth-order valence-electron chi connectivity index (χ4n) is 0.861. The Hall–Kier alpha value is -1.16. The minimum atomic E-state index is 0.544. The van der Waals surface area contributed by atoms with Crippen LogP contribution in [0.5, 0.6) is 0 Å². The molecular weight excluding hydrogens is 140 g/mol. The van der Waals surface area contributed by atoms with Crippen molar-refractivity contribution in [2.75, 3.05) is 12.3 Å². The Labute approximate surface area is 65.6 Å². The monoisotopic (exact) mass is 152 g/mol. The van der Waals surface area contributed by atoms with E-state index < -0.39 is 0 Å². The van der Waals surface area contributed by atoms with E-state index in [4.69, 9.17) is 11.5 Å². The van der Waals surface area contributed by atoms with Crippen molar-refractivity contribution in [1.29, 1.82) is 0 Å². The molecule has 1 aromatic rings. The Bertz CT molecular complexity index is 246. The Morgan fingerprint density at radius 1 is 1.55 bits per heavy atom. The van der Waals surface area contributed by atoms with E-state index in [0.29, 0.717) is 18.2 Å². The molecule has 1 aromatic heterocycles. The molecule has 0 saturated heterocycles. The molecule has 4 nitrogen and oxygen atoms in total. The van der Waals surface area contributed by atoms with Gasteiger partial charge in [0.05, 0.1) is 0 Å². The number of aromatic nitrogens is 2. The van der Waals surface area contributed by atoms with E-state index in [1.807, 2.05) is 6.92 Å². The Morgan fingerprint density at radius 3 is 2.82 bits per heavy atom. The molecule has 0 bridgehead atoms. The molecule has 4 N–H and O–H groups in total. The van der Waals surface area contributed by atoms with Crippen LogP contribution in [0.15, 0.2) is 6.20 Å². The Kier molecular flexibility index (Phi) is 2.38. The van der Waals surface area contributed by atoms with Crippen LogP contribution in [0.2, 0.25) is 0 Å². The van der Waals surface area contributed by atoms with E-state index >= 15 is 0 Å². The number of anilines is 1. The zero-order valence-corrected chi connectivity index (χ0v) is 6.54. The smallest absolute Gasteiger partial charge is 0.130 e. The molecule has 0 saturated carbocycles. The van der Waals surface area contributed by atoms with E-state index in [1.54, 1.807) is 6.20 Å². The molecule has 0 aromatic carbocycles. The van der Waals surface area contributed by atoms with Gasteiger partial charge in [-0.1, -0.05) is 0 Å². The van der Waals surface area contributed by atoms with Gasteiger partial charge < -0.3 is 11.5 Å². The van der Waals surface area contributed by atoms with Gasteiger partial charge in [0, 0.05) is 11.8 Å². The second-order valence-electron chi connectivity index (χ2n) is 2.37. The molecule has 0 spiro atoms.